The van der Waals surface area contributed by atoms with Gasteiger partial charge in [0.15, 0.2) is 5.82 Å². The Labute approximate surface area is 111 Å². The maximum absolute atomic E-state index is 9.42. The Morgan fingerprint density at radius 1 is 1.26 bits per heavy atom. The van der Waals surface area contributed by atoms with Crippen molar-refractivity contribution < 1.29 is 5.11 Å². The lowest BCUT2D eigenvalue weighted by atomic mass is 10.1. The summed E-state index contributed by atoms with van der Waals surface area (Å²) in [6, 6.07) is 13.3. The summed E-state index contributed by atoms with van der Waals surface area (Å²) in [6.07, 6.45) is 2.12. The zero-order chi connectivity index (χ0) is 13.5. The van der Waals surface area contributed by atoms with E-state index in [-0.39, 0.29) is 12.6 Å². The summed E-state index contributed by atoms with van der Waals surface area (Å²) in [7, 11) is 0. The molecule has 5 nitrogen and oxygen atoms in total. The van der Waals surface area contributed by atoms with Crippen molar-refractivity contribution in [2.45, 2.75) is 12.5 Å². The summed E-state index contributed by atoms with van der Waals surface area (Å²) in [4.78, 5) is 0. The fourth-order valence-electron chi connectivity index (χ4n) is 1.78. The molecule has 0 saturated carbocycles. The smallest absolute Gasteiger partial charge is 0.166 e. The molecule has 0 radical (unpaired) electrons. The maximum Gasteiger partial charge on any atom is 0.166 e. The largest absolute Gasteiger partial charge is 0.394 e. The number of rotatable bonds is 5. The molecule has 0 fully saturated rings. The summed E-state index contributed by atoms with van der Waals surface area (Å²) in [6.45, 7) is -0.0453. The molecule has 0 spiro atoms. The van der Waals surface area contributed by atoms with Crippen LogP contribution < -0.4 is 5.32 Å². The Hall–Kier alpha value is -2.45. The number of hydrogen-bond donors (Lipinski definition) is 2. The first-order valence-electron chi connectivity index (χ1n) is 5.96. The number of benzene rings is 1. The SMILES string of the molecule is N#Cc1ccnnc1NC(CO)Cc1ccccc1. The predicted molar refractivity (Wildman–Crippen MR) is 71.4 cm³/mol. The quantitative estimate of drug-likeness (QED) is 0.842. The van der Waals surface area contributed by atoms with E-state index in [9.17, 15) is 5.11 Å². The zero-order valence-electron chi connectivity index (χ0n) is 10.3. The van der Waals surface area contributed by atoms with E-state index < -0.39 is 0 Å². The molecule has 1 aromatic heterocycles. The van der Waals surface area contributed by atoms with Gasteiger partial charge in [0.2, 0.25) is 0 Å². The van der Waals surface area contributed by atoms with Crippen LogP contribution in [0.4, 0.5) is 5.82 Å². The molecule has 2 N–H and O–H groups in total. The van der Waals surface area contributed by atoms with Crippen molar-refractivity contribution in [2.75, 3.05) is 11.9 Å². The minimum absolute atomic E-state index is 0.0453. The molecular formula is C14H14N4O. The van der Waals surface area contributed by atoms with Crippen molar-refractivity contribution in [3.05, 3.63) is 53.7 Å². The second-order valence-electron chi connectivity index (χ2n) is 4.12. The monoisotopic (exact) mass is 254 g/mol. The molecule has 2 aromatic rings. The van der Waals surface area contributed by atoms with Crippen LogP contribution in [0.1, 0.15) is 11.1 Å². The minimum atomic E-state index is -0.203. The van der Waals surface area contributed by atoms with E-state index in [2.05, 4.69) is 15.5 Å². The van der Waals surface area contributed by atoms with Crippen molar-refractivity contribution in [2.24, 2.45) is 0 Å². The third-order valence-corrected chi connectivity index (χ3v) is 2.73. The van der Waals surface area contributed by atoms with Gasteiger partial charge in [0, 0.05) is 0 Å². The van der Waals surface area contributed by atoms with Crippen LogP contribution in [-0.2, 0) is 6.42 Å². The third kappa shape index (κ3) is 3.50. The van der Waals surface area contributed by atoms with Crippen LogP contribution in [0, 0.1) is 11.3 Å². The van der Waals surface area contributed by atoms with Crippen LogP contribution in [0.2, 0.25) is 0 Å². The molecule has 0 aliphatic rings. The zero-order valence-corrected chi connectivity index (χ0v) is 10.3. The lowest BCUT2D eigenvalue weighted by molar-refractivity contribution is 0.273. The topological polar surface area (TPSA) is 81.8 Å². The minimum Gasteiger partial charge on any atom is -0.394 e. The van der Waals surface area contributed by atoms with Gasteiger partial charge in [-0.05, 0) is 18.1 Å². The first kappa shape index (κ1) is 13.0. The molecule has 5 heteroatoms. The molecule has 0 bridgehead atoms. The van der Waals surface area contributed by atoms with Gasteiger partial charge in [-0.1, -0.05) is 30.3 Å². The Kier molecular flexibility index (Phi) is 4.43. The van der Waals surface area contributed by atoms with Crippen molar-refractivity contribution in [1.82, 2.24) is 10.2 Å². The fourth-order valence-corrected chi connectivity index (χ4v) is 1.78. The molecule has 1 atom stereocenters. The van der Waals surface area contributed by atoms with E-state index in [1.807, 2.05) is 36.4 Å². The average Bonchev–Trinajstić information content (AvgIpc) is 2.48. The molecule has 19 heavy (non-hydrogen) atoms. The number of aliphatic hydroxyl groups excluding tert-OH is 1. The van der Waals surface area contributed by atoms with Gasteiger partial charge in [-0.15, -0.1) is 5.10 Å². The molecule has 1 aromatic carbocycles. The van der Waals surface area contributed by atoms with Crippen molar-refractivity contribution in [3.63, 3.8) is 0 Å². The first-order valence-corrected chi connectivity index (χ1v) is 5.96. The van der Waals surface area contributed by atoms with E-state index in [0.717, 1.165) is 5.56 Å². The van der Waals surface area contributed by atoms with Gasteiger partial charge in [-0.25, -0.2) is 0 Å². The van der Waals surface area contributed by atoms with Crippen LogP contribution >= 0.6 is 0 Å². The summed E-state index contributed by atoms with van der Waals surface area (Å²) in [5.74, 6) is 0.403. The number of anilines is 1. The molecule has 0 saturated heterocycles. The Bertz CT molecular complexity index is 565. The van der Waals surface area contributed by atoms with Gasteiger partial charge < -0.3 is 10.4 Å². The lowest BCUT2D eigenvalue weighted by Gasteiger charge is -2.17. The van der Waals surface area contributed by atoms with E-state index in [1.165, 1.54) is 6.20 Å². The number of nitrogens with one attached hydrogen (secondary N) is 1. The Morgan fingerprint density at radius 3 is 2.74 bits per heavy atom. The normalized spacial score (nSPS) is 11.6. The van der Waals surface area contributed by atoms with E-state index in [4.69, 9.17) is 5.26 Å². The Morgan fingerprint density at radius 2 is 2.05 bits per heavy atom. The molecule has 96 valence electrons. The second-order valence-corrected chi connectivity index (χ2v) is 4.12. The van der Waals surface area contributed by atoms with E-state index in [0.29, 0.717) is 17.8 Å². The summed E-state index contributed by atoms with van der Waals surface area (Å²) in [5, 5.41) is 29.1. The molecular weight excluding hydrogens is 240 g/mol. The van der Waals surface area contributed by atoms with Crippen LogP contribution in [-0.4, -0.2) is 28.0 Å². The van der Waals surface area contributed by atoms with Gasteiger partial charge in [0.05, 0.1) is 24.4 Å². The van der Waals surface area contributed by atoms with Crippen LogP contribution in [0.25, 0.3) is 0 Å². The number of aliphatic hydroxyl groups is 1. The van der Waals surface area contributed by atoms with Crippen LogP contribution in [0.3, 0.4) is 0 Å². The summed E-state index contributed by atoms with van der Waals surface area (Å²) < 4.78 is 0. The first-order chi connectivity index (χ1) is 9.33. The highest BCUT2D eigenvalue weighted by atomic mass is 16.3. The van der Waals surface area contributed by atoms with Gasteiger partial charge in [-0.2, -0.15) is 10.4 Å². The number of aromatic nitrogens is 2. The highest BCUT2D eigenvalue weighted by molar-refractivity contribution is 5.50. The second kappa shape index (κ2) is 6.47. The van der Waals surface area contributed by atoms with Gasteiger partial charge in [0.25, 0.3) is 0 Å². The molecule has 0 amide bonds. The van der Waals surface area contributed by atoms with Crippen LogP contribution in [0.5, 0.6) is 0 Å². The number of nitriles is 1. The molecule has 2 rings (SSSR count). The van der Waals surface area contributed by atoms with Gasteiger partial charge in [0.1, 0.15) is 6.07 Å². The highest BCUT2D eigenvalue weighted by Crippen LogP contribution is 2.12. The molecule has 0 aliphatic heterocycles. The standard InChI is InChI=1S/C14H14N4O/c15-9-12-6-7-16-18-14(12)17-13(10-19)8-11-4-2-1-3-5-11/h1-7,13,19H,8,10H2,(H,17,18). The number of hydrogen-bond acceptors (Lipinski definition) is 5. The average molecular weight is 254 g/mol. The van der Waals surface area contributed by atoms with Crippen molar-refractivity contribution >= 4 is 5.82 Å². The Balaban J connectivity index is 2.09. The van der Waals surface area contributed by atoms with Crippen molar-refractivity contribution in [3.8, 4) is 6.07 Å². The van der Waals surface area contributed by atoms with Gasteiger partial charge >= 0.3 is 0 Å². The lowest BCUT2D eigenvalue weighted by Crippen LogP contribution is -2.27. The van der Waals surface area contributed by atoms with E-state index in [1.54, 1.807) is 6.07 Å². The highest BCUT2D eigenvalue weighted by Gasteiger charge is 2.12. The molecule has 1 unspecified atom stereocenters. The predicted octanol–water partition coefficient (Wildman–Crippen LogP) is 1.36. The molecule has 0 aliphatic carbocycles. The van der Waals surface area contributed by atoms with Gasteiger partial charge in [-0.3, -0.25) is 0 Å². The summed E-state index contributed by atoms with van der Waals surface area (Å²) in [5.41, 5.74) is 1.53. The van der Waals surface area contributed by atoms with E-state index >= 15 is 0 Å². The third-order valence-electron chi connectivity index (χ3n) is 2.73. The maximum atomic E-state index is 9.42. The van der Waals surface area contributed by atoms with Crippen LogP contribution in [0.15, 0.2) is 42.6 Å². The van der Waals surface area contributed by atoms with Crippen molar-refractivity contribution in [1.29, 1.82) is 5.26 Å². The number of nitrogens with zero attached hydrogens (tertiary/aromatic N) is 3. The fraction of sp³-hybridized carbons (Fsp3) is 0.214. The molecule has 1 heterocycles. The summed E-state index contributed by atoms with van der Waals surface area (Å²) >= 11 is 0.